The van der Waals surface area contributed by atoms with Crippen LogP contribution in [0.3, 0.4) is 0 Å². The van der Waals surface area contributed by atoms with Gasteiger partial charge in [0.1, 0.15) is 0 Å². The van der Waals surface area contributed by atoms with E-state index >= 15 is 0 Å². The summed E-state index contributed by atoms with van der Waals surface area (Å²) in [4.78, 5) is 36.8. The fraction of sp³-hybridized carbons (Fsp3) is 0.304. The molecule has 2 aromatic rings. The Hall–Kier alpha value is -3.48. The number of carbonyl (C=O) groups is 3. The molecule has 30 heavy (non-hydrogen) atoms. The molecule has 1 saturated carbocycles. The molecule has 1 heterocycles. The van der Waals surface area contributed by atoms with Crippen molar-refractivity contribution in [3.63, 3.8) is 0 Å². The molecule has 7 nitrogen and oxygen atoms in total. The van der Waals surface area contributed by atoms with Crippen LogP contribution in [0, 0.1) is 0 Å². The lowest BCUT2D eigenvalue weighted by Crippen LogP contribution is -2.26. The minimum atomic E-state index is -0.269. The van der Waals surface area contributed by atoms with Gasteiger partial charge in [-0.3, -0.25) is 14.4 Å². The molecule has 1 aliphatic heterocycles. The van der Waals surface area contributed by atoms with E-state index in [0.717, 1.165) is 24.1 Å². The molecule has 2 aromatic carbocycles. The van der Waals surface area contributed by atoms with Gasteiger partial charge >= 0.3 is 0 Å². The van der Waals surface area contributed by atoms with Gasteiger partial charge in [0, 0.05) is 36.6 Å². The van der Waals surface area contributed by atoms with Crippen LogP contribution in [0.4, 0.5) is 5.69 Å². The molecular formula is C23H24N4O3. The van der Waals surface area contributed by atoms with E-state index in [4.69, 9.17) is 0 Å². The Morgan fingerprint density at radius 2 is 1.80 bits per heavy atom. The Labute approximate surface area is 175 Å². The number of carbonyl (C=O) groups excluding carboxylic acids is 3. The number of rotatable bonds is 7. The third-order valence-electron chi connectivity index (χ3n) is 5.08. The highest BCUT2D eigenvalue weighted by molar-refractivity contribution is 6.03. The van der Waals surface area contributed by atoms with E-state index in [9.17, 15) is 14.4 Å². The molecule has 0 atom stereocenters. The average Bonchev–Trinajstić information content (AvgIpc) is 3.44. The second-order valence-corrected chi connectivity index (χ2v) is 7.56. The molecule has 2 N–H and O–H groups in total. The monoisotopic (exact) mass is 404 g/mol. The van der Waals surface area contributed by atoms with Crippen molar-refractivity contribution in [1.29, 1.82) is 0 Å². The number of hydrogen-bond acceptors (Lipinski definition) is 4. The molecule has 0 bridgehead atoms. The van der Waals surface area contributed by atoms with Gasteiger partial charge in [-0.15, -0.1) is 0 Å². The van der Waals surface area contributed by atoms with Crippen molar-refractivity contribution in [3.8, 4) is 0 Å². The van der Waals surface area contributed by atoms with Crippen molar-refractivity contribution in [3.05, 3.63) is 65.7 Å². The molecule has 0 aromatic heterocycles. The summed E-state index contributed by atoms with van der Waals surface area (Å²) in [5, 5.41) is 11.5. The minimum Gasteiger partial charge on any atom is -0.349 e. The average molecular weight is 404 g/mol. The van der Waals surface area contributed by atoms with Crippen LogP contribution in [0.1, 0.15) is 48.0 Å². The van der Waals surface area contributed by atoms with Crippen molar-refractivity contribution in [2.75, 3.05) is 11.9 Å². The summed E-state index contributed by atoms with van der Waals surface area (Å²) in [7, 11) is 0. The lowest BCUT2D eigenvalue weighted by Gasteiger charge is -2.11. The molecule has 0 spiro atoms. The van der Waals surface area contributed by atoms with Gasteiger partial charge in [-0.2, -0.15) is 5.10 Å². The van der Waals surface area contributed by atoms with Crippen molar-refractivity contribution in [2.24, 2.45) is 5.10 Å². The van der Waals surface area contributed by atoms with Crippen LogP contribution in [0.5, 0.6) is 0 Å². The molecule has 7 heteroatoms. The number of hydrazone groups is 1. The van der Waals surface area contributed by atoms with Gasteiger partial charge in [-0.1, -0.05) is 36.4 Å². The Balaban J connectivity index is 1.27. The van der Waals surface area contributed by atoms with Crippen molar-refractivity contribution in [2.45, 2.75) is 38.1 Å². The van der Waals surface area contributed by atoms with Gasteiger partial charge in [0.2, 0.25) is 11.8 Å². The standard InChI is InChI=1S/C23H24N4O3/c28-21(24-19-8-4-7-17(15-19)23(30)25-18-9-10-18)11-12-22(29)27-14-13-20(26-27)16-5-2-1-3-6-16/h1-8,15,18H,9-14H2,(H,24,28)(H,25,30). The summed E-state index contributed by atoms with van der Waals surface area (Å²) in [5.41, 5.74) is 2.95. The largest absolute Gasteiger partial charge is 0.349 e. The highest BCUT2D eigenvalue weighted by Crippen LogP contribution is 2.20. The van der Waals surface area contributed by atoms with E-state index in [-0.39, 0.29) is 36.6 Å². The van der Waals surface area contributed by atoms with Crippen LogP contribution in [-0.4, -0.2) is 41.0 Å². The van der Waals surface area contributed by atoms with Gasteiger partial charge in [0.05, 0.1) is 12.3 Å². The maximum atomic E-state index is 12.4. The van der Waals surface area contributed by atoms with Crippen LogP contribution in [-0.2, 0) is 9.59 Å². The number of benzene rings is 2. The fourth-order valence-electron chi connectivity index (χ4n) is 3.28. The van der Waals surface area contributed by atoms with E-state index in [0.29, 0.717) is 24.2 Å². The molecular weight excluding hydrogens is 380 g/mol. The number of nitrogens with one attached hydrogen (secondary N) is 2. The van der Waals surface area contributed by atoms with Crippen LogP contribution >= 0.6 is 0 Å². The quantitative estimate of drug-likeness (QED) is 0.743. The number of amides is 3. The molecule has 0 radical (unpaired) electrons. The molecule has 0 saturated heterocycles. The second-order valence-electron chi connectivity index (χ2n) is 7.56. The van der Waals surface area contributed by atoms with Crippen LogP contribution < -0.4 is 10.6 Å². The lowest BCUT2D eigenvalue weighted by atomic mass is 10.1. The second kappa shape index (κ2) is 8.90. The van der Waals surface area contributed by atoms with Gasteiger partial charge in [0.15, 0.2) is 0 Å². The molecule has 154 valence electrons. The molecule has 0 unspecified atom stereocenters. The van der Waals surface area contributed by atoms with Crippen molar-refractivity contribution < 1.29 is 14.4 Å². The zero-order valence-electron chi connectivity index (χ0n) is 16.6. The van der Waals surface area contributed by atoms with E-state index in [2.05, 4.69) is 15.7 Å². The highest BCUT2D eigenvalue weighted by Gasteiger charge is 2.24. The Morgan fingerprint density at radius 3 is 2.57 bits per heavy atom. The smallest absolute Gasteiger partial charge is 0.251 e. The van der Waals surface area contributed by atoms with Gasteiger partial charge in [-0.25, -0.2) is 5.01 Å². The topological polar surface area (TPSA) is 90.9 Å². The first kappa shape index (κ1) is 19.8. The van der Waals surface area contributed by atoms with Crippen molar-refractivity contribution >= 4 is 29.1 Å². The molecule has 1 aliphatic carbocycles. The van der Waals surface area contributed by atoms with Crippen LogP contribution in [0.2, 0.25) is 0 Å². The third kappa shape index (κ3) is 5.11. The van der Waals surface area contributed by atoms with Gasteiger partial charge in [0.25, 0.3) is 5.91 Å². The number of hydrogen-bond donors (Lipinski definition) is 2. The Kier molecular flexibility index (Phi) is 5.88. The zero-order chi connectivity index (χ0) is 20.9. The first-order valence-electron chi connectivity index (χ1n) is 10.2. The maximum Gasteiger partial charge on any atom is 0.251 e. The SMILES string of the molecule is O=C(CCC(=O)N1CCC(c2ccccc2)=N1)Nc1cccc(C(=O)NC2CC2)c1. The van der Waals surface area contributed by atoms with Gasteiger partial charge in [-0.05, 0) is 36.6 Å². The minimum absolute atomic E-state index is 0.0595. The summed E-state index contributed by atoms with van der Waals surface area (Å²) in [5.74, 6) is -0.576. The third-order valence-corrected chi connectivity index (χ3v) is 5.08. The lowest BCUT2D eigenvalue weighted by molar-refractivity contribution is -0.132. The van der Waals surface area contributed by atoms with Crippen molar-refractivity contribution in [1.82, 2.24) is 10.3 Å². The fourth-order valence-corrected chi connectivity index (χ4v) is 3.28. The van der Waals surface area contributed by atoms with Gasteiger partial charge < -0.3 is 10.6 Å². The first-order valence-corrected chi connectivity index (χ1v) is 10.2. The molecule has 3 amide bonds. The summed E-state index contributed by atoms with van der Waals surface area (Å²) < 4.78 is 0. The Morgan fingerprint density at radius 1 is 1.00 bits per heavy atom. The normalized spacial score (nSPS) is 15.5. The molecule has 4 rings (SSSR count). The van der Waals surface area contributed by atoms with Crippen LogP contribution in [0.15, 0.2) is 59.7 Å². The summed E-state index contributed by atoms with van der Waals surface area (Å²) in [6, 6.07) is 16.9. The molecule has 2 aliphatic rings. The Bertz CT molecular complexity index is 983. The van der Waals surface area contributed by atoms with E-state index in [1.54, 1.807) is 24.3 Å². The number of anilines is 1. The van der Waals surface area contributed by atoms with E-state index in [1.165, 1.54) is 5.01 Å². The summed E-state index contributed by atoms with van der Waals surface area (Å²) in [6.07, 6.45) is 2.88. The predicted molar refractivity (Wildman–Crippen MR) is 114 cm³/mol. The number of nitrogens with zero attached hydrogens (tertiary/aromatic N) is 2. The van der Waals surface area contributed by atoms with E-state index < -0.39 is 0 Å². The van der Waals surface area contributed by atoms with E-state index in [1.807, 2.05) is 30.3 Å². The van der Waals surface area contributed by atoms with Crippen LogP contribution in [0.25, 0.3) is 0 Å². The molecule has 1 fully saturated rings. The predicted octanol–water partition coefficient (Wildman–Crippen LogP) is 2.93. The zero-order valence-corrected chi connectivity index (χ0v) is 16.6. The maximum absolute atomic E-state index is 12.4. The highest BCUT2D eigenvalue weighted by atomic mass is 16.2. The first-order chi connectivity index (χ1) is 14.6. The summed E-state index contributed by atoms with van der Waals surface area (Å²) >= 11 is 0. The summed E-state index contributed by atoms with van der Waals surface area (Å²) in [6.45, 7) is 0.531.